The Labute approximate surface area is 97.2 Å². The lowest BCUT2D eigenvalue weighted by Crippen LogP contribution is -2.40. The molecule has 0 saturated heterocycles. The average molecular weight is 229 g/mol. The van der Waals surface area contributed by atoms with Crippen LogP contribution in [0, 0.1) is 5.92 Å². The van der Waals surface area contributed by atoms with E-state index in [2.05, 4.69) is 10.6 Å². The molecule has 0 radical (unpaired) electrons. The van der Waals surface area contributed by atoms with Crippen molar-refractivity contribution < 1.29 is 9.59 Å². The highest BCUT2D eigenvalue weighted by atomic mass is 16.2. The maximum Gasteiger partial charge on any atom is 0.312 e. The summed E-state index contributed by atoms with van der Waals surface area (Å²) in [5.41, 5.74) is 4.94. The summed E-state index contributed by atoms with van der Waals surface area (Å²) in [6, 6.07) is -0.630. The summed E-state index contributed by atoms with van der Waals surface area (Å²) in [4.78, 5) is 22.2. The van der Waals surface area contributed by atoms with Gasteiger partial charge in [0.2, 0.25) is 0 Å². The smallest absolute Gasteiger partial charge is 0.312 e. The molecule has 0 aliphatic heterocycles. The molecule has 0 unspecified atom stereocenters. The summed E-state index contributed by atoms with van der Waals surface area (Å²) in [6.45, 7) is 7.06. The van der Waals surface area contributed by atoms with E-state index in [1.807, 2.05) is 20.8 Å². The topological polar surface area (TPSA) is 84.2 Å². The summed E-state index contributed by atoms with van der Waals surface area (Å²) in [6.07, 6.45) is 1.48. The van der Waals surface area contributed by atoms with Crippen molar-refractivity contribution in [2.75, 3.05) is 13.1 Å². The molecule has 5 nitrogen and oxygen atoms in total. The van der Waals surface area contributed by atoms with Gasteiger partial charge in [-0.1, -0.05) is 20.8 Å². The third-order valence-electron chi connectivity index (χ3n) is 2.33. The van der Waals surface area contributed by atoms with Gasteiger partial charge in [-0.25, -0.2) is 4.79 Å². The van der Waals surface area contributed by atoms with Gasteiger partial charge in [0.1, 0.15) is 0 Å². The molecular weight excluding hydrogens is 206 g/mol. The summed E-state index contributed by atoms with van der Waals surface area (Å²) < 4.78 is 0. The van der Waals surface area contributed by atoms with Gasteiger partial charge >= 0.3 is 6.03 Å². The maximum atomic E-state index is 11.8. The number of Topliss-reactive ketones (excluding diaryl/α,β-unsaturated/α-hetero) is 1. The number of urea groups is 1. The third kappa shape index (κ3) is 6.40. The van der Waals surface area contributed by atoms with E-state index in [1.165, 1.54) is 0 Å². The number of primary amides is 1. The largest absolute Gasteiger partial charge is 0.352 e. The van der Waals surface area contributed by atoms with Crippen LogP contribution in [0.2, 0.25) is 0 Å². The lowest BCUT2D eigenvalue weighted by Gasteiger charge is -2.18. The first-order chi connectivity index (χ1) is 7.49. The van der Waals surface area contributed by atoms with E-state index >= 15 is 0 Å². The minimum absolute atomic E-state index is 0.0353. The Morgan fingerprint density at radius 3 is 2.38 bits per heavy atom. The van der Waals surface area contributed by atoms with Gasteiger partial charge < -0.3 is 16.4 Å². The second-order valence-corrected chi connectivity index (χ2v) is 4.10. The van der Waals surface area contributed by atoms with Crippen molar-refractivity contribution in [3.05, 3.63) is 0 Å². The van der Waals surface area contributed by atoms with Crippen molar-refractivity contribution in [1.29, 1.82) is 0 Å². The Morgan fingerprint density at radius 1 is 1.31 bits per heavy atom. The highest BCUT2D eigenvalue weighted by molar-refractivity contribution is 5.85. The molecule has 0 spiro atoms. The molecule has 1 atom stereocenters. The number of hydrogen-bond donors (Lipinski definition) is 3. The Bertz CT molecular complexity index is 229. The zero-order valence-electron chi connectivity index (χ0n) is 10.4. The molecule has 0 saturated carbocycles. The van der Waals surface area contributed by atoms with Crippen LogP contribution in [-0.4, -0.2) is 30.9 Å². The lowest BCUT2D eigenvalue weighted by molar-refractivity contribution is -0.124. The Hall–Kier alpha value is -1.10. The fraction of sp³-hybridized carbons (Fsp3) is 0.818. The minimum Gasteiger partial charge on any atom is -0.352 e. The molecule has 0 heterocycles. The van der Waals surface area contributed by atoms with E-state index in [9.17, 15) is 9.59 Å². The van der Waals surface area contributed by atoms with E-state index in [-0.39, 0.29) is 17.7 Å². The van der Waals surface area contributed by atoms with Gasteiger partial charge in [0.05, 0.1) is 6.04 Å². The van der Waals surface area contributed by atoms with E-state index in [1.54, 1.807) is 0 Å². The van der Waals surface area contributed by atoms with Crippen LogP contribution in [0.4, 0.5) is 4.79 Å². The van der Waals surface area contributed by atoms with Crippen LogP contribution in [0.1, 0.15) is 33.6 Å². The van der Waals surface area contributed by atoms with Gasteiger partial charge in [0.15, 0.2) is 5.78 Å². The van der Waals surface area contributed by atoms with Crippen LogP contribution in [0.25, 0.3) is 0 Å². The van der Waals surface area contributed by atoms with Gasteiger partial charge in [0.25, 0.3) is 0 Å². The summed E-state index contributed by atoms with van der Waals surface area (Å²) in [5.74, 6) is 0.258. The van der Waals surface area contributed by atoms with Crippen LogP contribution in [0.3, 0.4) is 0 Å². The predicted octanol–water partition coefficient (Wildman–Crippen LogP) is 0.638. The molecule has 94 valence electrons. The number of rotatable bonds is 8. The maximum absolute atomic E-state index is 11.8. The molecule has 5 heteroatoms. The zero-order valence-corrected chi connectivity index (χ0v) is 10.4. The molecule has 0 aromatic rings. The van der Waals surface area contributed by atoms with Gasteiger partial charge in [-0.3, -0.25) is 4.79 Å². The predicted molar refractivity (Wildman–Crippen MR) is 64.1 cm³/mol. The minimum atomic E-state index is -0.518. The number of amides is 2. The lowest BCUT2D eigenvalue weighted by atomic mass is 9.98. The molecular formula is C11H23N3O2. The third-order valence-corrected chi connectivity index (χ3v) is 2.33. The first-order valence-corrected chi connectivity index (χ1v) is 5.79. The van der Waals surface area contributed by atoms with Gasteiger partial charge in [-0.05, 0) is 19.4 Å². The van der Waals surface area contributed by atoms with Crippen LogP contribution in [0.5, 0.6) is 0 Å². The number of nitrogens with one attached hydrogen (secondary N) is 2. The normalized spacial score (nSPS) is 12.5. The van der Waals surface area contributed by atoms with Crippen LogP contribution in [-0.2, 0) is 4.79 Å². The number of likely N-dealkylation sites (N-methyl/N-ethyl adjacent to an activating group) is 1. The molecule has 2 amide bonds. The van der Waals surface area contributed by atoms with E-state index < -0.39 is 6.03 Å². The van der Waals surface area contributed by atoms with E-state index in [4.69, 9.17) is 5.73 Å². The summed E-state index contributed by atoms with van der Waals surface area (Å²) in [5, 5.41) is 5.67. The second kappa shape index (κ2) is 8.10. The highest BCUT2D eigenvalue weighted by Crippen LogP contribution is 2.05. The van der Waals surface area contributed by atoms with E-state index in [0.717, 1.165) is 19.4 Å². The van der Waals surface area contributed by atoms with Gasteiger partial charge in [-0.15, -0.1) is 0 Å². The number of hydrogen-bond acceptors (Lipinski definition) is 3. The van der Waals surface area contributed by atoms with Gasteiger partial charge in [0, 0.05) is 12.5 Å². The first kappa shape index (κ1) is 14.9. The van der Waals surface area contributed by atoms with Crippen molar-refractivity contribution >= 4 is 11.8 Å². The highest BCUT2D eigenvalue weighted by Gasteiger charge is 2.19. The molecule has 0 aliphatic carbocycles. The van der Waals surface area contributed by atoms with Crippen LogP contribution >= 0.6 is 0 Å². The Balaban J connectivity index is 3.94. The summed E-state index contributed by atoms with van der Waals surface area (Å²) in [7, 11) is 0. The van der Waals surface area contributed by atoms with Crippen molar-refractivity contribution in [1.82, 2.24) is 10.6 Å². The van der Waals surface area contributed by atoms with Crippen molar-refractivity contribution in [2.45, 2.75) is 39.7 Å². The van der Waals surface area contributed by atoms with Crippen LogP contribution < -0.4 is 16.4 Å². The van der Waals surface area contributed by atoms with Crippen molar-refractivity contribution in [3.63, 3.8) is 0 Å². The fourth-order valence-electron chi connectivity index (χ4n) is 1.51. The fourth-order valence-corrected chi connectivity index (χ4v) is 1.51. The monoisotopic (exact) mass is 229 g/mol. The molecule has 4 N–H and O–H groups in total. The van der Waals surface area contributed by atoms with Crippen molar-refractivity contribution in [2.24, 2.45) is 11.7 Å². The zero-order chi connectivity index (χ0) is 12.6. The molecule has 0 aliphatic rings. The molecule has 0 bridgehead atoms. The molecule has 0 aromatic carbocycles. The first-order valence-electron chi connectivity index (χ1n) is 5.79. The molecule has 0 aromatic heterocycles. The Morgan fingerprint density at radius 2 is 1.94 bits per heavy atom. The van der Waals surface area contributed by atoms with Gasteiger partial charge in [-0.2, -0.15) is 0 Å². The molecule has 0 fully saturated rings. The second-order valence-electron chi connectivity index (χ2n) is 4.10. The number of carbonyl (C=O) groups excluding carboxylic acids is 2. The summed E-state index contributed by atoms with van der Waals surface area (Å²) >= 11 is 0. The van der Waals surface area contributed by atoms with Crippen molar-refractivity contribution in [3.8, 4) is 0 Å². The number of nitrogens with two attached hydrogens (primary N) is 1. The quantitative estimate of drug-likeness (QED) is 0.534. The standard InChI is InChI=1S/C11H23N3O2/c1-4-13-9(10(15)8(2)3)6-5-7-14-11(12)16/h8-9,13H,4-7H2,1-3H3,(H3,12,14,16)/t9-/m1/s1. The average Bonchev–Trinajstić information content (AvgIpc) is 2.21. The Kier molecular flexibility index (Phi) is 7.54. The SMILES string of the molecule is CCN[C@H](CCCNC(N)=O)C(=O)C(C)C. The molecule has 0 rings (SSSR count). The number of carbonyl (C=O) groups is 2. The molecule has 16 heavy (non-hydrogen) atoms. The van der Waals surface area contributed by atoms with E-state index in [0.29, 0.717) is 6.54 Å². The number of ketones is 1. The van der Waals surface area contributed by atoms with Crippen LogP contribution in [0.15, 0.2) is 0 Å².